The number of nitro benzene ring substituents is 1. The molecule has 0 atom stereocenters. The molecule has 0 fully saturated rings. The van der Waals surface area contributed by atoms with Gasteiger partial charge in [0.15, 0.2) is 5.16 Å². The van der Waals surface area contributed by atoms with Gasteiger partial charge in [-0.1, -0.05) is 29.4 Å². The number of rotatable bonds is 7. The minimum Gasteiger partial charge on any atom is -0.325 e. The maximum absolute atomic E-state index is 13.2. The van der Waals surface area contributed by atoms with Crippen molar-refractivity contribution >= 4 is 62.2 Å². The van der Waals surface area contributed by atoms with E-state index in [2.05, 4.69) is 11.9 Å². The van der Waals surface area contributed by atoms with Gasteiger partial charge in [0.1, 0.15) is 9.85 Å². The number of thioether (sulfide) groups is 1. The Morgan fingerprint density at radius 1 is 1.41 bits per heavy atom. The van der Waals surface area contributed by atoms with Crippen molar-refractivity contribution in [2.75, 3.05) is 11.1 Å². The number of fused-ring (bicyclic) bond motifs is 3. The number of amides is 1. The second kappa shape index (κ2) is 9.43. The van der Waals surface area contributed by atoms with E-state index in [0.717, 1.165) is 43.0 Å². The third-order valence-corrected chi connectivity index (χ3v) is 7.59. The van der Waals surface area contributed by atoms with E-state index in [1.807, 2.05) is 0 Å². The summed E-state index contributed by atoms with van der Waals surface area (Å²) in [7, 11) is 0. The molecule has 1 aliphatic rings. The van der Waals surface area contributed by atoms with Gasteiger partial charge in [-0.25, -0.2) is 4.98 Å². The van der Waals surface area contributed by atoms with Gasteiger partial charge in [-0.15, -0.1) is 17.9 Å². The average Bonchev–Trinajstić information content (AvgIpc) is 3.14. The lowest BCUT2D eigenvalue weighted by atomic mass is 9.97. The van der Waals surface area contributed by atoms with Crippen LogP contribution < -0.4 is 10.9 Å². The van der Waals surface area contributed by atoms with Crippen LogP contribution in [0.1, 0.15) is 23.3 Å². The summed E-state index contributed by atoms with van der Waals surface area (Å²) < 4.78 is 1.54. The first-order chi connectivity index (χ1) is 15.4. The third-order valence-electron chi connectivity index (χ3n) is 5.11. The Labute approximate surface area is 196 Å². The fourth-order valence-corrected chi connectivity index (χ4v) is 5.98. The van der Waals surface area contributed by atoms with Crippen LogP contribution in [0.4, 0.5) is 11.4 Å². The number of aromatic nitrogens is 2. The van der Waals surface area contributed by atoms with E-state index in [9.17, 15) is 19.7 Å². The number of carbonyl (C=O) groups excluding carboxylic acids is 1. The highest BCUT2D eigenvalue weighted by Crippen LogP contribution is 2.35. The van der Waals surface area contributed by atoms with Crippen molar-refractivity contribution in [2.45, 2.75) is 37.4 Å². The van der Waals surface area contributed by atoms with Crippen molar-refractivity contribution in [2.24, 2.45) is 0 Å². The SMILES string of the molecule is C=CCn1c(SCC(=O)Nc2ccc(Cl)c([N+](=O)[O-])c2)nc2sc3c(c2c1=O)CCCC3. The van der Waals surface area contributed by atoms with E-state index in [4.69, 9.17) is 16.6 Å². The summed E-state index contributed by atoms with van der Waals surface area (Å²) in [6, 6.07) is 4.06. The number of carbonyl (C=O) groups is 1. The van der Waals surface area contributed by atoms with Crippen LogP contribution in [0.15, 0.2) is 40.8 Å². The maximum Gasteiger partial charge on any atom is 0.289 e. The number of nitro groups is 1. The van der Waals surface area contributed by atoms with Crippen LogP contribution in [0, 0.1) is 10.1 Å². The summed E-state index contributed by atoms with van der Waals surface area (Å²) in [5.74, 6) is -0.395. The molecule has 0 saturated carbocycles. The van der Waals surface area contributed by atoms with Crippen molar-refractivity contribution in [1.29, 1.82) is 0 Å². The highest BCUT2D eigenvalue weighted by atomic mass is 35.5. The van der Waals surface area contributed by atoms with Gasteiger partial charge >= 0.3 is 0 Å². The van der Waals surface area contributed by atoms with Gasteiger partial charge in [-0.3, -0.25) is 24.3 Å². The fourth-order valence-electron chi connectivity index (χ4n) is 3.68. The lowest BCUT2D eigenvalue weighted by Gasteiger charge is -2.12. The van der Waals surface area contributed by atoms with Crippen molar-refractivity contribution in [3.8, 4) is 0 Å². The Morgan fingerprint density at radius 2 is 2.19 bits per heavy atom. The van der Waals surface area contributed by atoms with Gasteiger partial charge in [-0.05, 0) is 43.4 Å². The lowest BCUT2D eigenvalue weighted by molar-refractivity contribution is -0.384. The number of aryl methyl sites for hydroxylation is 2. The highest BCUT2D eigenvalue weighted by Gasteiger charge is 2.22. The molecule has 2 heterocycles. The molecule has 0 aliphatic heterocycles. The molecule has 0 bridgehead atoms. The minimum atomic E-state index is -0.611. The summed E-state index contributed by atoms with van der Waals surface area (Å²) in [6.45, 7) is 4.03. The van der Waals surface area contributed by atoms with Crippen LogP contribution in [0.3, 0.4) is 0 Å². The largest absolute Gasteiger partial charge is 0.325 e. The van der Waals surface area contributed by atoms with Crippen LogP contribution in [-0.4, -0.2) is 26.1 Å². The number of benzene rings is 1. The molecule has 4 rings (SSSR count). The van der Waals surface area contributed by atoms with E-state index >= 15 is 0 Å². The van der Waals surface area contributed by atoms with Gasteiger partial charge in [0, 0.05) is 23.2 Å². The Hall–Kier alpha value is -2.69. The Bertz CT molecular complexity index is 1300. The molecule has 1 N–H and O–H groups in total. The minimum absolute atomic E-state index is 0.00744. The molecule has 3 aromatic rings. The van der Waals surface area contributed by atoms with Crippen molar-refractivity contribution in [3.63, 3.8) is 0 Å². The molecule has 1 aliphatic carbocycles. The number of allylic oxidation sites excluding steroid dienone is 1. The average molecular weight is 491 g/mol. The first kappa shape index (κ1) is 22.5. The Kier molecular flexibility index (Phi) is 6.63. The number of anilines is 1. The quantitative estimate of drug-likeness (QED) is 0.167. The molecule has 8 nitrogen and oxygen atoms in total. The van der Waals surface area contributed by atoms with E-state index in [1.54, 1.807) is 22.0 Å². The molecule has 2 aromatic heterocycles. The number of hydrogen-bond acceptors (Lipinski definition) is 7. The zero-order chi connectivity index (χ0) is 22.8. The summed E-state index contributed by atoms with van der Waals surface area (Å²) in [5, 5.41) is 14.8. The smallest absolute Gasteiger partial charge is 0.289 e. The van der Waals surface area contributed by atoms with Crippen molar-refractivity contribution < 1.29 is 9.72 Å². The molecule has 0 radical (unpaired) electrons. The van der Waals surface area contributed by atoms with Gasteiger partial charge in [-0.2, -0.15) is 0 Å². The van der Waals surface area contributed by atoms with Crippen LogP contribution in [-0.2, 0) is 24.2 Å². The predicted octanol–water partition coefficient (Wildman–Crippen LogP) is 4.82. The summed E-state index contributed by atoms with van der Waals surface area (Å²) in [4.78, 5) is 42.8. The van der Waals surface area contributed by atoms with Crippen LogP contribution in [0.5, 0.6) is 0 Å². The van der Waals surface area contributed by atoms with E-state index in [1.165, 1.54) is 23.1 Å². The molecule has 11 heteroatoms. The van der Waals surface area contributed by atoms with E-state index in [0.29, 0.717) is 21.9 Å². The number of nitrogens with one attached hydrogen (secondary N) is 1. The third kappa shape index (κ3) is 4.43. The molecular formula is C21H19ClN4O4S2. The molecule has 0 saturated heterocycles. The molecule has 0 unspecified atom stereocenters. The highest BCUT2D eigenvalue weighted by molar-refractivity contribution is 7.99. The summed E-state index contributed by atoms with van der Waals surface area (Å²) >= 11 is 8.51. The van der Waals surface area contributed by atoms with Gasteiger partial charge in [0.25, 0.3) is 11.2 Å². The number of halogens is 1. The molecule has 0 spiro atoms. The summed E-state index contributed by atoms with van der Waals surface area (Å²) in [5.41, 5.74) is 0.992. The normalized spacial score (nSPS) is 13.0. The molecular weight excluding hydrogens is 472 g/mol. The second-order valence-corrected chi connectivity index (χ2v) is 9.68. The standard InChI is InChI=1S/C21H19ClN4O4S2/c1-2-9-25-20(28)18-13-5-3-4-6-16(13)32-19(18)24-21(25)31-11-17(27)23-12-7-8-14(22)15(10-12)26(29)30/h2,7-8,10H,1,3-6,9,11H2,(H,23,27). The number of nitrogens with zero attached hydrogens (tertiary/aromatic N) is 3. The monoisotopic (exact) mass is 490 g/mol. The van der Waals surface area contributed by atoms with Crippen LogP contribution >= 0.6 is 34.7 Å². The first-order valence-corrected chi connectivity index (χ1v) is 12.1. The van der Waals surface area contributed by atoms with Gasteiger partial charge < -0.3 is 5.32 Å². The number of thiophene rings is 1. The predicted molar refractivity (Wildman–Crippen MR) is 128 cm³/mol. The lowest BCUT2D eigenvalue weighted by Crippen LogP contribution is -2.24. The van der Waals surface area contributed by atoms with Crippen LogP contribution in [0.2, 0.25) is 5.02 Å². The molecule has 1 aromatic carbocycles. The zero-order valence-corrected chi connectivity index (χ0v) is 19.3. The Balaban J connectivity index is 1.57. The van der Waals surface area contributed by atoms with Crippen molar-refractivity contribution in [3.05, 3.63) is 66.8 Å². The van der Waals surface area contributed by atoms with E-state index in [-0.39, 0.29) is 33.6 Å². The van der Waals surface area contributed by atoms with E-state index < -0.39 is 4.92 Å². The topological polar surface area (TPSA) is 107 Å². The number of hydrogen-bond donors (Lipinski definition) is 1. The van der Waals surface area contributed by atoms with Gasteiger partial charge in [0.2, 0.25) is 5.91 Å². The van der Waals surface area contributed by atoms with Crippen LogP contribution in [0.25, 0.3) is 10.2 Å². The first-order valence-electron chi connectivity index (χ1n) is 9.91. The second-order valence-electron chi connectivity index (χ2n) is 7.25. The zero-order valence-electron chi connectivity index (χ0n) is 16.9. The maximum atomic E-state index is 13.2. The molecule has 32 heavy (non-hydrogen) atoms. The van der Waals surface area contributed by atoms with Gasteiger partial charge in [0.05, 0.1) is 16.1 Å². The Morgan fingerprint density at radius 3 is 2.94 bits per heavy atom. The summed E-state index contributed by atoms with van der Waals surface area (Å²) in [6.07, 6.45) is 5.67. The fraction of sp³-hybridized carbons (Fsp3) is 0.286. The van der Waals surface area contributed by atoms with Crippen molar-refractivity contribution in [1.82, 2.24) is 9.55 Å². The molecule has 1 amide bonds. The molecule has 166 valence electrons.